The van der Waals surface area contributed by atoms with Gasteiger partial charge in [0, 0.05) is 39.0 Å². The van der Waals surface area contributed by atoms with Gasteiger partial charge < -0.3 is 9.32 Å². The van der Waals surface area contributed by atoms with Gasteiger partial charge in [0.1, 0.15) is 11.2 Å². The first kappa shape index (κ1) is 29.1. The third-order valence-electron chi connectivity index (χ3n) is 11.5. The van der Waals surface area contributed by atoms with Gasteiger partial charge in [0.05, 0.1) is 5.54 Å². The third-order valence-corrected chi connectivity index (χ3v) is 11.5. The fraction of sp³-hybridized carbons (Fsp3) is 0.125. The minimum atomic E-state index is -0.284. The van der Waals surface area contributed by atoms with Crippen LogP contribution < -0.4 is 4.90 Å². The average Bonchev–Trinajstić information content (AvgIpc) is 3.63. The van der Waals surface area contributed by atoms with Gasteiger partial charge >= 0.3 is 0 Å². The molecule has 1 unspecified atom stereocenters. The highest BCUT2D eigenvalue weighted by molar-refractivity contribution is 6.19. The third kappa shape index (κ3) is 4.08. The highest BCUT2D eigenvalue weighted by atomic mass is 16.3. The number of fused-ring (bicyclic) bond motifs is 9. The minimum absolute atomic E-state index is 0.0590. The van der Waals surface area contributed by atoms with E-state index in [0.29, 0.717) is 0 Å². The van der Waals surface area contributed by atoms with Gasteiger partial charge in [0.25, 0.3) is 0 Å². The molecule has 0 saturated heterocycles. The van der Waals surface area contributed by atoms with E-state index in [0.717, 1.165) is 45.1 Å². The molecular formula is C48H37NO. The first-order chi connectivity index (χ1) is 24.4. The maximum Gasteiger partial charge on any atom is 0.143 e. The first-order valence-corrected chi connectivity index (χ1v) is 17.7. The molecule has 240 valence electrons. The molecule has 0 spiro atoms. The summed E-state index contributed by atoms with van der Waals surface area (Å²) in [6, 6.07) is 53.3. The number of furan rings is 1. The number of anilines is 2. The van der Waals surface area contributed by atoms with E-state index in [1.807, 2.05) is 0 Å². The second kappa shape index (κ2) is 10.6. The number of hydrogen-bond donors (Lipinski definition) is 0. The summed E-state index contributed by atoms with van der Waals surface area (Å²) in [4.78, 5) is 2.50. The van der Waals surface area contributed by atoms with E-state index >= 15 is 0 Å². The quantitative estimate of drug-likeness (QED) is 0.190. The van der Waals surface area contributed by atoms with Crippen LogP contribution in [0.2, 0.25) is 0 Å². The Labute approximate surface area is 292 Å². The number of para-hydroxylation sites is 1. The number of nitrogens with zero attached hydrogens (tertiary/aromatic N) is 1. The van der Waals surface area contributed by atoms with Crippen LogP contribution in [0.4, 0.5) is 11.4 Å². The Kier molecular flexibility index (Phi) is 6.15. The summed E-state index contributed by atoms with van der Waals surface area (Å²) in [6.07, 6.45) is 5.46. The van der Waals surface area contributed by atoms with Crippen molar-refractivity contribution in [3.63, 3.8) is 0 Å². The van der Waals surface area contributed by atoms with Crippen molar-refractivity contribution in [2.45, 2.75) is 38.1 Å². The van der Waals surface area contributed by atoms with Crippen molar-refractivity contribution in [2.75, 3.05) is 4.90 Å². The molecule has 2 aliphatic rings. The minimum Gasteiger partial charge on any atom is -0.455 e. The lowest BCUT2D eigenvalue weighted by molar-refractivity contribution is 0.483. The zero-order valence-corrected chi connectivity index (χ0v) is 28.6. The van der Waals surface area contributed by atoms with Gasteiger partial charge in [-0.15, -0.1) is 0 Å². The van der Waals surface area contributed by atoms with E-state index in [1.165, 1.54) is 49.9 Å². The fourth-order valence-corrected chi connectivity index (χ4v) is 9.00. The molecule has 0 saturated carbocycles. The molecular weight excluding hydrogens is 607 g/mol. The second-order valence-corrected chi connectivity index (χ2v) is 14.7. The first-order valence-electron chi connectivity index (χ1n) is 17.7. The molecule has 0 amide bonds. The van der Waals surface area contributed by atoms with Crippen LogP contribution in [0.1, 0.15) is 49.4 Å². The predicted octanol–water partition coefficient (Wildman–Crippen LogP) is 13.2. The SMILES string of the molecule is CC1(C)c2ccccc2-c2ccc(-c3cc4c5ccc(N(c6ccccc6)C6(C)CC=Cc7ccccc76)cc5oc4c4ccccc34)cc21. The van der Waals surface area contributed by atoms with Crippen LogP contribution in [0.25, 0.3) is 61.0 Å². The highest BCUT2D eigenvalue weighted by Gasteiger charge is 2.38. The summed E-state index contributed by atoms with van der Waals surface area (Å²) >= 11 is 0. The summed E-state index contributed by atoms with van der Waals surface area (Å²) in [7, 11) is 0. The van der Waals surface area contributed by atoms with Gasteiger partial charge in [0.2, 0.25) is 0 Å². The van der Waals surface area contributed by atoms with Crippen molar-refractivity contribution in [1.82, 2.24) is 0 Å². The summed E-state index contributed by atoms with van der Waals surface area (Å²) in [5, 5.41) is 4.62. The van der Waals surface area contributed by atoms with Crippen LogP contribution in [-0.4, -0.2) is 0 Å². The molecule has 2 aliphatic carbocycles. The lowest BCUT2D eigenvalue weighted by Crippen LogP contribution is -2.42. The Balaban J connectivity index is 1.16. The summed E-state index contributed by atoms with van der Waals surface area (Å²) in [5.74, 6) is 0. The lowest BCUT2D eigenvalue weighted by Gasteiger charge is -2.45. The van der Waals surface area contributed by atoms with E-state index in [1.54, 1.807) is 0 Å². The van der Waals surface area contributed by atoms with E-state index in [4.69, 9.17) is 4.42 Å². The number of benzene rings is 7. The molecule has 1 aromatic heterocycles. The monoisotopic (exact) mass is 643 g/mol. The summed E-state index contributed by atoms with van der Waals surface area (Å²) < 4.78 is 6.88. The number of hydrogen-bond acceptors (Lipinski definition) is 2. The molecule has 0 radical (unpaired) electrons. The largest absolute Gasteiger partial charge is 0.455 e. The van der Waals surface area contributed by atoms with Gasteiger partial charge in [-0.3, -0.25) is 0 Å². The average molecular weight is 644 g/mol. The van der Waals surface area contributed by atoms with Gasteiger partial charge in [-0.2, -0.15) is 0 Å². The molecule has 50 heavy (non-hydrogen) atoms. The second-order valence-electron chi connectivity index (χ2n) is 14.7. The molecule has 0 fully saturated rings. The molecule has 2 nitrogen and oxygen atoms in total. The van der Waals surface area contributed by atoms with Crippen molar-refractivity contribution < 1.29 is 4.42 Å². The van der Waals surface area contributed by atoms with Crippen LogP contribution in [-0.2, 0) is 11.0 Å². The molecule has 1 heterocycles. The Morgan fingerprint density at radius 3 is 2.10 bits per heavy atom. The molecule has 0 bridgehead atoms. The van der Waals surface area contributed by atoms with Crippen molar-refractivity contribution in [1.29, 1.82) is 0 Å². The van der Waals surface area contributed by atoms with Gasteiger partial charge in [-0.05, 0) is 99.6 Å². The van der Waals surface area contributed by atoms with Gasteiger partial charge in [-0.25, -0.2) is 0 Å². The number of rotatable bonds is 4. The van der Waals surface area contributed by atoms with Crippen LogP contribution in [0.3, 0.4) is 0 Å². The Hall–Kier alpha value is -5.86. The van der Waals surface area contributed by atoms with E-state index in [2.05, 4.69) is 183 Å². The molecule has 0 N–H and O–H groups in total. The van der Waals surface area contributed by atoms with Crippen molar-refractivity contribution in [2.24, 2.45) is 0 Å². The molecule has 8 aromatic rings. The molecule has 10 rings (SSSR count). The highest BCUT2D eigenvalue weighted by Crippen LogP contribution is 2.51. The molecule has 7 aromatic carbocycles. The van der Waals surface area contributed by atoms with E-state index in [-0.39, 0.29) is 11.0 Å². The summed E-state index contributed by atoms with van der Waals surface area (Å²) in [6.45, 7) is 7.07. The van der Waals surface area contributed by atoms with Gasteiger partial charge in [0.15, 0.2) is 0 Å². The van der Waals surface area contributed by atoms with Crippen LogP contribution in [0.5, 0.6) is 0 Å². The predicted molar refractivity (Wildman–Crippen MR) is 210 cm³/mol. The summed E-state index contributed by atoms with van der Waals surface area (Å²) in [5.41, 5.74) is 14.3. The van der Waals surface area contributed by atoms with Crippen molar-refractivity contribution in [3.05, 3.63) is 174 Å². The van der Waals surface area contributed by atoms with E-state index < -0.39 is 0 Å². The van der Waals surface area contributed by atoms with Crippen LogP contribution in [0.15, 0.2) is 156 Å². The van der Waals surface area contributed by atoms with Gasteiger partial charge in [-0.1, -0.05) is 129 Å². The molecule has 0 aliphatic heterocycles. The maximum absolute atomic E-state index is 6.88. The Morgan fingerprint density at radius 2 is 1.24 bits per heavy atom. The Bertz CT molecular complexity index is 2680. The molecule has 1 atom stereocenters. The normalized spacial score (nSPS) is 17.2. The lowest BCUT2D eigenvalue weighted by atomic mass is 9.79. The van der Waals surface area contributed by atoms with Crippen LogP contribution in [0, 0.1) is 0 Å². The standard InChI is InChI=1S/C48H37NO/c1-47(2)43-22-12-10-19-36(43)37-25-23-32(28-44(37)47)40-30-41-38-26-24-34(29-45(38)50-46(41)39-20-9-8-18-35(39)40)49(33-16-5-4-6-17-33)48(3)27-13-15-31-14-7-11-21-42(31)48/h4-26,28-30H,27H2,1-3H3. The zero-order valence-electron chi connectivity index (χ0n) is 28.6. The van der Waals surface area contributed by atoms with Crippen LogP contribution >= 0.6 is 0 Å². The topological polar surface area (TPSA) is 16.4 Å². The fourth-order valence-electron chi connectivity index (χ4n) is 9.00. The van der Waals surface area contributed by atoms with Crippen molar-refractivity contribution in [3.8, 4) is 22.3 Å². The van der Waals surface area contributed by atoms with E-state index in [9.17, 15) is 0 Å². The molecule has 2 heteroatoms. The van der Waals surface area contributed by atoms with Crippen molar-refractivity contribution >= 4 is 50.2 Å². The smallest absolute Gasteiger partial charge is 0.143 e. The Morgan fingerprint density at radius 1 is 0.520 bits per heavy atom. The maximum atomic E-state index is 6.88. The zero-order chi connectivity index (χ0) is 33.6.